The number of benzene rings is 2. The summed E-state index contributed by atoms with van der Waals surface area (Å²) in [4.78, 5) is 24.2. The molecule has 0 aromatic heterocycles. The van der Waals surface area contributed by atoms with Crippen LogP contribution in [-0.2, 0) is 4.79 Å². The van der Waals surface area contributed by atoms with Crippen LogP contribution in [-0.4, -0.2) is 18.5 Å². The second-order valence-electron chi connectivity index (χ2n) is 8.09. The highest BCUT2D eigenvalue weighted by molar-refractivity contribution is 5.91. The molecule has 0 saturated heterocycles. The number of carbonyl (C=O) groups is 2. The van der Waals surface area contributed by atoms with Crippen LogP contribution < -0.4 is 14.2 Å². The number of carbonyl (C=O) groups excluding carboxylic acids is 2. The molecule has 0 aliphatic rings. The van der Waals surface area contributed by atoms with Crippen molar-refractivity contribution >= 4 is 11.9 Å². The molecular weight excluding hydrogens is 404 g/mol. The Kier molecular flexibility index (Phi) is 11.4. The minimum Gasteiger partial charge on any atom is -0.494 e. The average molecular weight is 441 g/mol. The molecule has 2 rings (SSSR count). The van der Waals surface area contributed by atoms with Crippen LogP contribution in [0.3, 0.4) is 0 Å². The van der Waals surface area contributed by atoms with E-state index in [9.17, 15) is 9.59 Å². The molecule has 0 N–H and O–H groups in total. The predicted octanol–water partition coefficient (Wildman–Crippen LogP) is 6.99. The van der Waals surface area contributed by atoms with Gasteiger partial charge in [0.05, 0.1) is 18.1 Å². The third-order valence-corrected chi connectivity index (χ3v) is 5.37. The molecule has 5 heteroatoms. The minimum absolute atomic E-state index is 0.157. The lowest BCUT2D eigenvalue weighted by Gasteiger charge is -2.10. The minimum atomic E-state index is -0.451. The Labute approximate surface area is 192 Å². The van der Waals surface area contributed by atoms with E-state index < -0.39 is 5.97 Å². The van der Waals surface area contributed by atoms with Crippen LogP contribution in [0.5, 0.6) is 17.2 Å². The lowest BCUT2D eigenvalue weighted by atomic mass is 10.1. The van der Waals surface area contributed by atoms with E-state index in [2.05, 4.69) is 6.92 Å². The van der Waals surface area contributed by atoms with E-state index >= 15 is 0 Å². The Balaban J connectivity index is 1.73. The zero-order valence-corrected chi connectivity index (χ0v) is 19.6. The zero-order valence-electron chi connectivity index (χ0n) is 19.6. The Bertz CT molecular complexity index is 811. The molecule has 0 amide bonds. The number of unbranched alkanes of at least 4 members (excludes halogenated alkanes) is 6. The standard InChI is InChI=1S/C27H36O5/c1-4-6-7-8-9-10-11-20-30-23-14-12-22(13-15-23)27(29)32-25-18-16-24(17-19-25)31-26(28)21(3)5-2/h12-19,21H,4-11,20H2,1-3H3. The van der Waals surface area contributed by atoms with Crippen molar-refractivity contribution in [2.75, 3.05) is 6.61 Å². The molecule has 2 aromatic rings. The number of hydrogen-bond acceptors (Lipinski definition) is 5. The predicted molar refractivity (Wildman–Crippen MR) is 126 cm³/mol. The molecule has 0 aliphatic heterocycles. The second-order valence-corrected chi connectivity index (χ2v) is 8.09. The quantitative estimate of drug-likeness (QED) is 0.180. The molecule has 5 nitrogen and oxygen atoms in total. The first-order valence-electron chi connectivity index (χ1n) is 11.8. The second kappa shape index (κ2) is 14.3. The Hall–Kier alpha value is -2.82. The van der Waals surface area contributed by atoms with Gasteiger partial charge in [0.15, 0.2) is 0 Å². The van der Waals surface area contributed by atoms with Gasteiger partial charge in [-0.05, 0) is 61.4 Å². The molecule has 0 fully saturated rings. The highest BCUT2D eigenvalue weighted by Crippen LogP contribution is 2.21. The summed E-state index contributed by atoms with van der Waals surface area (Å²) in [5.41, 5.74) is 0.445. The molecule has 0 radical (unpaired) electrons. The summed E-state index contributed by atoms with van der Waals surface area (Å²) in [5.74, 6) is 0.685. The smallest absolute Gasteiger partial charge is 0.343 e. The summed E-state index contributed by atoms with van der Waals surface area (Å²) in [5, 5.41) is 0. The monoisotopic (exact) mass is 440 g/mol. The van der Waals surface area contributed by atoms with Crippen LogP contribution >= 0.6 is 0 Å². The van der Waals surface area contributed by atoms with Gasteiger partial charge in [0.1, 0.15) is 17.2 Å². The fourth-order valence-electron chi connectivity index (χ4n) is 3.06. The van der Waals surface area contributed by atoms with Crippen molar-refractivity contribution < 1.29 is 23.8 Å². The van der Waals surface area contributed by atoms with Crippen LogP contribution in [0.4, 0.5) is 0 Å². The normalized spacial score (nSPS) is 11.6. The van der Waals surface area contributed by atoms with E-state index in [0.717, 1.165) is 18.6 Å². The van der Waals surface area contributed by atoms with Gasteiger partial charge in [-0.1, -0.05) is 59.3 Å². The number of ether oxygens (including phenoxy) is 3. The molecule has 32 heavy (non-hydrogen) atoms. The molecule has 174 valence electrons. The fraction of sp³-hybridized carbons (Fsp3) is 0.481. The van der Waals surface area contributed by atoms with E-state index in [1.54, 1.807) is 48.5 Å². The van der Waals surface area contributed by atoms with Crippen LogP contribution in [0.1, 0.15) is 82.5 Å². The van der Waals surface area contributed by atoms with Crippen molar-refractivity contribution in [1.29, 1.82) is 0 Å². The summed E-state index contributed by atoms with van der Waals surface area (Å²) < 4.78 is 16.5. The lowest BCUT2D eigenvalue weighted by Crippen LogP contribution is -2.16. The summed E-state index contributed by atoms with van der Waals surface area (Å²) in [6.45, 7) is 6.67. The first kappa shape index (κ1) is 25.4. The maximum atomic E-state index is 12.4. The van der Waals surface area contributed by atoms with Crippen molar-refractivity contribution in [3.8, 4) is 17.2 Å². The molecule has 0 spiro atoms. The number of rotatable bonds is 14. The van der Waals surface area contributed by atoms with Crippen molar-refractivity contribution in [3.05, 3.63) is 54.1 Å². The SMILES string of the molecule is CCCCCCCCCOc1ccc(C(=O)Oc2ccc(OC(=O)C(C)CC)cc2)cc1. The third kappa shape index (κ3) is 9.13. The van der Waals surface area contributed by atoms with Crippen molar-refractivity contribution in [1.82, 2.24) is 0 Å². The molecule has 1 unspecified atom stereocenters. The van der Waals surface area contributed by atoms with Crippen LogP contribution in [0.25, 0.3) is 0 Å². The summed E-state index contributed by atoms with van der Waals surface area (Å²) in [6, 6.07) is 13.4. The first-order valence-corrected chi connectivity index (χ1v) is 11.8. The van der Waals surface area contributed by atoms with Gasteiger partial charge >= 0.3 is 11.9 Å². The lowest BCUT2D eigenvalue weighted by molar-refractivity contribution is -0.138. The van der Waals surface area contributed by atoms with Crippen LogP contribution in [0.15, 0.2) is 48.5 Å². The first-order chi connectivity index (χ1) is 15.5. The van der Waals surface area contributed by atoms with E-state index in [1.165, 1.54) is 38.5 Å². The molecular formula is C27H36O5. The summed E-state index contributed by atoms with van der Waals surface area (Å²) >= 11 is 0. The summed E-state index contributed by atoms with van der Waals surface area (Å²) in [7, 11) is 0. The van der Waals surface area contributed by atoms with Gasteiger partial charge in [0.25, 0.3) is 0 Å². The number of esters is 2. The number of hydrogen-bond donors (Lipinski definition) is 0. The maximum absolute atomic E-state index is 12.4. The van der Waals surface area contributed by atoms with Gasteiger partial charge in [-0.25, -0.2) is 4.79 Å². The van der Waals surface area contributed by atoms with Crippen molar-refractivity contribution in [3.63, 3.8) is 0 Å². The zero-order chi connectivity index (χ0) is 23.2. The highest BCUT2D eigenvalue weighted by Gasteiger charge is 2.13. The van der Waals surface area contributed by atoms with Gasteiger partial charge < -0.3 is 14.2 Å². The van der Waals surface area contributed by atoms with E-state index in [1.807, 2.05) is 13.8 Å². The van der Waals surface area contributed by atoms with E-state index in [0.29, 0.717) is 23.7 Å². The van der Waals surface area contributed by atoms with E-state index in [4.69, 9.17) is 14.2 Å². The van der Waals surface area contributed by atoms with Crippen LogP contribution in [0.2, 0.25) is 0 Å². The molecule has 0 saturated carbocycles. The van der Waals surface area contributed by atoms with Crippen LogP contribution in [0, 0.1) is 5.92 Å². The van der Waals surface area contributed by atoms with Gasteiger partial charge in [-0.2, -0.15) is 0 Å². The molecule has 2 aromatic carbocycles. The molecule has 0 bridgehead atoms. The fourth-order valence-corrected chi connectivity index (χ4v) is 3.06. The topological polar surface area (TPSA) is 61.8 Å². The maximum Gasteiger partial charge on any atom is 0.343 e. The van der Waals surface area contributed by atoms with Gasteiger partial charge in [0, 0.05) is 0 Å². The van der Waals surface area contributed by atoms with Gasteiger partial charge in [-0.3, -0.25) is 4.79 Å². The highest BCUT2D eigenvalue weighted by atomic mass is 16.5. The molecule has 0 aliphatic carbocycles. The third-order valence-electron chi connectivity index (χ3n) is 5.37. The molecule has 0 heterocycles. The van der Waals surface area contributed by atoms with Crippen molar-refractivity contribution in [2.24, 2.45) is 5.92 Å². The van der Waals surface area contributed by atoms with Crippen molar-refractivity contribution in [2.45, 2.75) is 72.1 Å². The summed E-state index contributed by atoms with van der Waals surface area (Å²) in [6.07, 6.45) is 9.43. The largest absolute Gasteiger partial charge is 0.494 e. The van der Waals surface area contributed by atoms with E-state index in [-0.39, 0.29) is 11.9 Å². The Morgan fingerprint density at radius 2 is 1.25 bits per heavy atom. The van der Waals surface area contributed by atoms with Gasteiger partial charge in [-0.15, -0.1) is 0 Å². The van der Waals surface area contributed by atoms with Gasteiger partial charge in [0.2, 0.25) is 0 Å². The average Bonchev–Trinajstić information content (AvgIpc) is 2.81. The Morgan fingerprint density at radius 3 is 1.84 bits per heavy atom. The Morgan fingerprint density at radius 1 is 0.719 bits per heavy atom. The molecule has 1 atom stereocenters.